The molecular formula is C23H26FN3O5S. The number of aromatic nitrogens is 2. The highest BCUT2D eigenvalue weighted by molar-refractivity contribution is 7.89. The van der Waals surface area contributed by atoms with Crippen LogP contribution in [0.3, 0.4) is 0 Å². The van der Waals surface area contributed by atoms with Crippen LogP contribution in [0.15, 0.2) is 47.4 Å². The fraction of sp³-hybridized carbons (Fsp3) is 0.391. The Morgan fingerprint density at radius 1 is 1.24 bits per heavy atom. The van der Waals surface area contributed by atoms with E-state index in [4.69, 9.17) is 4.74 Å². The maximum absolute atomic E-state index is 14.0. The van der Waals surface area contributed by atoms with Crippen molar-refractivity contribution < 1.29 is 27.4 Å². The minimum Gasteiger partial charge on any atom is -0.491 e. The molecule has 3 aromatic rings. The van der Waals surface area contributed by atoms with E-state index in [1.165, 1.54) is 34.6 Å². The zero-order chi connectivity index (χ0) is 23.9. The van der Waals surface area contributed by atoms with Crippen LogP contribution in [0, 0.1) is 5.82 Å². The largest absolute Gasteiger partial charge is 0.491 e. The number of carbonyl (C=O) groups is 1. The molecule has 0 unspecified atom stereocenters. The van der Waals surface area contributed by atoms with E-state index in [-0.39, 0.29) is 30.0 Å². The molecule has 1 saturated heterocycles. The van der Waals surface area contributed by atoms with E-state index in [0.717, 1.165) is 0 Å². The predicted molar refractivity (Wildman–Crippen MR) is 120 cm³/mol. The highest BCUT2D eigenvalue weighted by atomic mass is 32.2. The van der Waals surface area contributed by atoms with Crippen molar-refractivity contribution in [2.24, 2.45) is 0 Å². The van der Waals surface area contributed by atoms with Crippen molar-refractivity contribution in [1.29, 1.82) is 0 Å². The van der Waals surface area contributed by atoms with E-state index in [1.54, 1.807) is 23.7 Å². The molecule has 0 aliphatic carbocycles. The van der Waals surface area contributed by atoms with Crippen LogP contribution < -0.4 is 4.74 Å². The lowest BCUT2D eigenvalue weighted by Crippen LogP contribution is -2.36. The van der Waals surface area contributed by atoms with Crippen molar-refractivity contribution in [3.8, 4) is 5.75 Å². The molecule has 2 heterocycles. The number of hydrogen-bond acceptors (Lipinski definition) is 5. The smallest absolute Gasteiger partial charge is 0.309 e. The lowest BCUT2D eigenvalue weighted by Gasteiger charge is -2.25. The Balaban J connectivity index is 1.65. The first-order valence-electron chi connectivity index (χ1n) is 10.7. The van der Waals surface area contributed by atoms with Gasteiger partial charge < -0.3 is 9.84 Å². The molecule has 4 rings (SSSR count). The zero-order valence-electron chi connectivity index (χ0n) is 18.6. The van der Waals surface area contributed by atoms with Gasteiger partial charge in [-0.15, -0.1) is 0 Å². The number of fused-ring (bicyclic) bond motifs is 1. The molecule has 8 nitrogen and oxygen atoms in total. The monoisotopic (exact) mass is 475 g/mol. The topological polar surface area (TPSA) is 102 Å². The summed E-state index contributed by atoms with van der Waals surface area (Å²) in [6.45, 7) is 5.84. The average molecular weight is 476 g/mol. The SMILES string of the molecule is CC(C)Oc1ccc(S(=O)(=O)N2CC[C@@H](n3nc(CC(=O)O)c4ccc(F)cc43)[C@@H]2C)cc1. The highest BCUT2D eigenvalue weighted by Gasteiger charge is 2.41. The average Bonchev–Trinajstić information content (AvgIpc) is 3.28. The van der Waals surface area contributed by atoms with Gasteiger partial charge in [0.05, 0.1) is 34.7 Å². The van der Waals surface area contributed by atoms with Crippen LogP contribution in [0.4, 0.5) is 4.39 Å². The second-order valence-corrected chi connectivity index (χ2v) is 10.4. The Bertz CT molecular complexity index is 1290. The van der Waals surface area contributed by atoms with E-state index in [0.29, 0.717) is 28.8 Å². The number of rotatable bonds is 7. The summed E-state index contributed by atoms with van der Waals surface area (Å²) in [7, 11) is -3.78. The van der Waals surface area contributed by atoms with Crippen molar-refractivity contribution >= 4 is 26.9 Å². The molecule has 33 heavy (non-hydrogen) atoms. The fourth-order valence-corrected chi connectivity index (χ4v) is 6.04. The van der Waals surface area contributed by atoms with Crippen LogP contribution >= 0.6 is 0 Å². The number of sulfonamides is 1. The molecule has 1 fully saturated rings. The van der Waals surface area contributed by atoms with Gasteiger partial charge in [-0.25, -0.2) is 12.8 Å². The molecule has 2 aromatic carbocycles. The van der Waals surface area contributed by atoms with Crippen molar-refractivity contribution in [1.82, 2.24) is 14.1 Å². The summed E-state index contributed by atoms with van der Waals surface area (Å²) in [5.41, 5.74) is 0.782. The molecule has 0 spiro atoms. The Morgan fingerprint density at radius 2 is 1.94 bits per heavy atom. The molecule has 1 aromatic heterocycles. The second-order valence-electron chi connectivity index (χ2n) is 8.47. The molecular weight excluding hydrogens is 449 g/mol. The van der Waals surface area contributed by atoms with Gasteiger partial charge >= 0.3 is 5.97 Å². The van der Waals surface area contributed by atoms with E-state index in [2.05, 4.69) is 5.10 Å². The van der Waals surface area contributed by atoms with Crippen LogP contribution in [0.2, 0.25) is 0 Å². The minimum atomic E-state index is -3.78. The second kappa shape index (κ2) is 8.75. The fourth-order valence-electron chi connectivity index (χ4n) is 4.36. The summed E-state index contributed by atoms with van der Waals surface area (Å²) in [5, 5.41) is 14.2. The number of nitrogens with zero attached hydrogens (tertiary/aromatic N) is 3. The molecule has 2 atom stereocenters. The molecule has 0 bridgehead atoms. The Kier molecular flexibility index (Phi) is 6.15. The number of benzene rings is 2. The summed E-state index contributed by atoms with van der Waals surface area (Å²) >= 11 is 0. The van der Waals surface area contributed by atoms with E-state index >= 15 is 0 Å². The van der Waals surface area contributed by atoms with Gasteiger partial charge in [0.2, 0.25) is 10.0 Å². The van der Waals surface area contributed by atoms with E-state index < -0.39 is 27.9 Å². The first-order valence-corrected chi connectivity index (χ1v) is 12.2. The molecule has 0 amide bonds. The standard InChI is InChI=1S/C23H26FN3O5S/c1-14(2)32-17-5-7-18(8-6-17)33(30,31)26-11-10-21(15(26)3)27-22-12-16(24)4-9-19(22)20(25-27)13-23(28)29/h4-9,12,14-15,21H,10-11,13H2,1-3H3,(H,28,29)/t15-,21+/m0/s1. The summed E-state index contributed by atoms with van der Waals surface area (Å²) in [6.07, 6.45) is 0.143. The van der Waals surface area contributed by atoms with Gasteiger partial charge in [0.15, 0.2) is 0 Å². The van der Waals surface area contributed by atoms with Crippen molar-refractivity contribution in [2.45, 2.75) is 56.7 Å². The van der Waals surface area contributed by atoms with Crippen LogP contribution in [0.5, 0.6) is 5.75 Å². The van der Waals surface area contributed by atoms with Gasteiger partial charge in [0.1, 0.15) is 11.6 Å². The Hall–Kier alpha value is -2.98. The molecule has 0 saturated carbocycles. The number of halogens is 1. The number of hydrogen-bond donors (Lipinski definition) is 1. The van der Waals surface area contributed by atoms with Gasteiger partial charge in [-0.3, -0.25) is 9.48 Å². The third kappa shape index (κ3) is 4.45. The summed E-state index contributed by atoms with van der Waals surface area (Å²) in [4.78, 5) is 11.4. The summed E-state index contributed by atoms with van der Waals surface area (Å²) < 4.78 is 49.3. The maximum atomic E-state index is 14.0. The van der Waals surface area contributed by atoms with Crippen molar-refractivity contribution in [3.63, 3.8) is 0 Å². The number of ether oxygens (including phenoxy) is 1. The third-order valence-electron chi connectivity index (χ3n) is 5.84. The van der Waals surface area contributed by atoms with E-state index in [1.807, 2.05) is 13.8 Å². The summed E-state index contributed by atoms with van der Waals surface area (Å²) in [6, 6.07) is 9.57. The Labute approximate surface area is 191 Å². The van der Waals surface area contributed by atoms with Crippen molar-refractivity contribution in [3.05, 3.63) is 54.0 Å². The van der Waals surface area contributed by atoms with Gasteiger partial charge in [0.25, 0.3) is 0 Å². The van der Waals surface area contributed by atoms with Crippen LogP contribution in [-0.2, 0) is 21.2 Å². The van der Waals surface area contributed by atoms with Gasteiger partial charge in [-0.2, -0.15) is 9.40 Å². The minimum absolute atomic E-state index is 0.0217. The van der Waals surface area contributed by atoms with Crippen LogP contribution in [-0.4, -0.2) is 52.3 Å². The van der Waals surface area contributed by atoms with Crippen molar-refractivity contribution in [2.75, 3.05) is 6.54 Å². The number of aliphatic carboxylic acids is 1. The van der Waals surface area contributed by atoms with Gasteiger partial charge in [0, 0.05) is 18.0 Å². The molecule has 1 N–H and O–H groups in total. The number of carboxylic acids is 1. The molecule has 0 radical (unpaired) electrons. The van der Waals surface area contributed by atoms with Crippen LogP contribution in [0.1, 0.15) is 38.9 Å². The van der Waals surface area contributed by atoms with Gasteiger partial charge in [-0.1, -0.05) is 0 Å². The predicted octanol–water partition coefficient (Wildman–Crippen LogP) is 3.61. The van der Waals surface area contributed by atoms with Crippen LogP contribution in [0.25, 0.3) is 10.9 Å². The first kappa shape index (κ1) is 23.2. The third-order valence-corrected chi connectivity index (χ3v) is 7.84. The lowest BCUT2D eigenvalue weighted by atomic mass is 10.1. The summed E-state index contributed by atoms with van der Waals surface area (Å²) in [5.74, 6) is -0.920. The normalized spacial score (nSPS) is 19.4. The molecule has 1 aliphatic rings. The quantitative estimate of drug-likeness (QED) is 0.560. The first-order chi connectivity index (χ1) is 15.6. The maximum Gasteiger partial charge on any atom is 0.309 e. The lowest BCUT2D eigenvalue weighted by molar-refractivity contribution is -0.136. The molecule has 1 aliphatic heterocycles. The van der Waals surface area contributed by atoms with E-state index in [9.17, 15) is 22.7 Å². The molecule has 176 valence electrons. The highest BCUT2D eigenvalue weighted by Crippen LogP contribution is 2.36. The number of carboxylic acid groups (broad SMARTS) is 1. The zero-order valence-corrected chi connectivity index (χ0v) is 19.4. The van der Waals surface area contributed by atoms with Gasteiger partial charge in [-0.05, 0) is 69.7 Å². The Morgan fingerprint density at radius 3 is 2.58 bits per heavy atom. The molecule has 10 heteroatoms.